The molecule has 11 heavy (non-hydrogen) atoms. The highest BCUT2D eigenvalue weighted by Gasteiger charge is 2.19. The van der Waals surface area contributed by atoms with E-state index in [1.807, 2.05) is 0 Å². The lowest BCUT2D eigenvalue weighted by Gasteiger charge is -2.02. The van der Waals surface area contributed by atoms with Crippen LogP contribution in [0.3, 0.4) is 0 Å². The van der Waals surface area contributed by atoms with Gasteiger partial charge in [-0.3, -0.25) is 14.4 Å². The lowest BCUT2D eigenvalue weighted by molar-refractivity contribution is -0.142. The van der Waals surface area contributed by atoms with Gasteiger partial charge in [-0.15, -0.1) is 0 Å². The Balaban J connectivity index is 4.03. The van der Waals surface area contributed by atoms with E-state index in [-0.39, 0.29) is 6.42 Å². The Kier molecular flexibility index (Phi) is 3.44. The van der Waals surface area contributed by atoms with Crippen molar-refractivity contribution < 1.29 is 19.5 Å². The number of rotatable bonds is 4. The quantitative estimate of drug-likeness (QED) is 0.595. The molecule has 0 aromatic rings. The standard InChI is InChI=1S/C7H10O4/c1-4(3-6(9)10)7(11)5(2)8/h4H,3H2,1-2H3,(H,9,10). The summed E-state index contributed by atoms with van der Waals surface area (Å²) in [5.41, 5.74) is 0. The first-order valence-corrected chi connectivity index (χ1v) is 3.21. The first-order chi connectivity index (χ1) is 4.95. The summed E-state index contributed by atoms with van der Waals surface area (Å²) in [6.45, 7) is 2.57. The van der Waals surface area contributed by atoms with Gasteiger partial charge in [-0.2, -0.15) is 0 Å². The Morgan fingerprint density at radius 3 is 2.09 bits per heavy atom. The zero-order chi connectivity index (χ0) is 9.02. The molecule has 0 saturated heterocycles. The Bertz CT molecular complexity index is 195. The van der Waals surface area contributed by atoms with Gasteiger partial charge in [-0.05, 0) is 0 Å². The van der Waals surface area contributed by atoms with Crippen molar-refractivity contribution in [2.45, 2.75) is 20.3 Å². The molecular formula is C7H10O4. The maximum Gasteiger partial charge on any atom is 0.304 e. The molecule has 0 rings (SSSR count). The molecule has 0 saturated carbocycles. The summed E-state index contributed by atoms with van der Waals surface area (Å²) in [4.78, 5) is 31.3. The van der Waals surface area contributed by atoms with Gasteiger partial charge in [0, 0.05) is 12.8 Å². The number of hydrogen-bond acceptors (Lipinski definition) is 3. The fourth-order valence-corrected chi connectivity index (χ4v) is 0.702. The second-order valence-electron chi connectivity index (χ2n) is 2.42. The smallest absolute Gasteiger partial charge is 0.304 e. The van der Waals surface area contributed by atoms with Gasteiger partial charge in [0.2, 0.25) is 5.78 Å². The molecule has 4 heteroatoms. The summed E-state index contributed by atoms with van der Waals surface area (Å²) >= 11 is 0. The van der Waals surface area contributed by atoms with Crippen molar-refractivity contribution in [1.82, 2.24) is 0 Å². The van der Waals surface area contributed by atoms with Gasteiger partial charge >= 0.3 is 5.97 Å². The van der Waals surface area contributed by atoms with Gasteiger partial charge in [0.25, 0.3) is 0 Å². The molecule has 1 N–H and O–H groups in total. The second-order valence-corrected chi connectivity index (χ2v) is 2.42. The van der Waals surface area contributed by atoms with Gasteiger partial charge in [0.1, 0.15) is 0 Å². The minimum absolute atomic E-state index is 0.279. The first-order valence-electron chi connectivity index (χ1n) is 3.21. The van der Waals surface area contributed by atoms with Gasteiger partial charge in [0.15, 0.2) is 5.78 Å². The molecule has 0 amide bonds. The molecule has 1 unspecified atom stereocenters. The summed E-state index contributed by atoms with van der Waals surface area (Å²) in [6, 6.07) is 0. The number of carbonyl (C=O) groups is 3. The van der Waals surface area contributed by atoms with Crippen molar-refractivity contribution in [3.63, 3.8) is 0 Å². The molecule has 0 fully saturated rings. The third-order valence-electron chi connectivity index (χ3n) is 1.28. The molecular weight excluding hydrogens is 148 g/mol. The molecule has 0 aromatic carbocycles. The van der Waals surface area contributed by atoms with E-state index in [4.69, 9.17) is 5.11 Å². The Morgan fingerprint density at radius 1 is 1.36 bits per heavy atom. The molecule has 0 aliphatic rings. The number of Topliss-reactive ketones (excluding diaryl/α,β-unsaturated/α-hetero) is 2. The fourth-order valence-electron chi connectivity index (χ4n) is 0.702. The Morgan fingerprint density at radius 2 is 1.82 bits per heavy atom. The summed E-state index contributed by atoms with van der Waals surface area (Å²) in [6.07, 6.45) is -0.279. The number of hydrogen-bond donors (Lipinski definition) is 1. The number of carboxylic acids is 1. The number of carbonyl (C=O) groups excluding carboxylic acids is 2. The van der Waals surface area contributed by atoms with E-state index in [0.29, 0.717) is 0 Å². The highest BCUT2D eigenvalue weighted by Crippen LogP contribution is 2.03. The van der Waals surface area contributed by atoms with Gasteiger partial charge < -0.3 is 5.11 Å². The lowest BCUT2D eigenvalue weighted by Crippen LogP contribution is -2.21. The van der Waals surface area contributed by atoms with Crippen LogP contribution < -0.4 is 0 Å². The molecule has 0 radical (unpaired) electrons. The van der Waals surface area contributed by atoms with Crippen LogP contribution in [0.4, 0.5) is 0 Å². The lowest BCUT2D eigenvalue weighted by atomic mass is 10.0. The molecule has 0 bridgehead atoms. The van der Waals surface area contributed by atoms with Gasteiger partial charge in [0.05, 0.1) is 6.42 Å². The summed E-state index contributed by atoms with van der Waals surface area (Å²) in [5, 5.41) is 8.25. The van der Waals surface area contributed by atoms with Crippen LogP contribution in [0.2, 0.25) is 0 Å². The van der Waals surface area contributed by atoms with Crippen LogP contribution in [0, 0.1) is 5.92 Å². The molecule has 0 heterocycles. The van der Waals surface area contributed by atoms with Crippen LogP contribution in [0.5, 0.6) is 0 Å². The first kappa shape index (κ1) is 9.81. The minimum atomic E-state index is -1.06. The van der Waals surface area contributed by atoms with Crippen molar-refractivity contribution >= 4 is 17.5 Å². The van der Waals surface area contributed by atoms with Gasteiger partial charge in [-0.1, -0.05) is 6.92 Å². The normalized spacial score (nSPS) is 12.2. The van der Waals surface area contributed by atoms with Crippen LogP contribution in [-0.2, 0) is 14.4 Å². The van der Waals surface area contributed by atoms with E-state index in [1.54, 1.807) is 0 Å². The molecule has 0 spiro atoms. The molecule has 0 aromatic heterocycles. The topological polar surface area (TPSA) is 71.4 Å². The predicted molar refractivity (Wildman–Crippen MR) is 37.1 cm³/mol. The van der Waals surface area contributed by atoms with Crippen molar-refractivity contribution in [1.29, 1.82) is 0 Å². The van der Waals surface area contributed by atoms with Gasteiger partial charge in [-0.25, -0.2) is 0 Å². The number of carboxylic acid groups (broad SMARTS) is 1. The van der Waals surface area contributed by atoms with Crippen LogP contribution in [-0.4, -0.2) is 22.6 Å². The SMILES string of the molecule is CC(=O)C(=O)C(C)CC(=O)O. The zero-order valence-electron chi connectivity index (χ0n) is 6.46. The molecule has 4 nitrogen and oxygen atoms in total. The molecule has 1 atom stereocenters. The molecule has 0 aliphatic heterocycles. The highest BCUT2D eigenvalue weighted by atomic mass is 16.4. The average Bonchev–Trinajstić information content (AvgIpc) is 1.84. The van der Waals surface area contributed by atoms with Crippen molar-refractivity contribution in [2.24, 2.45) is 5.92 Å². The monoisotopic (exact) mass is 158 g/mol. The van der Waals surface area contributed by atoms with E-state index < -0.39 is 23.5 Å². The zero-order valence-corrected chi connectivity index (χ0v) is 6.46. The van der Waals surface area contributed by atoms with Crippen molar-refractivity contribution in [3.8, 4) is 0 Å². The van der Waals surface area contributed by atoms with E-state index >= 15 is 0 Å². The highest BCUT2D eigenvalue weighted by molar-refractivity contribution is 6.37. The number of aliphatic carboxylic acids is 1. The molecule has 62 valence electrons. The van der Waals surface area contributed by atoms with Crippen LogP contribution in [0.15, 0.2) is 0 Å². The van der Waals surface area contributed by atoms with E-state index in [0.717, 1.165) is 6.92 Å². The van der Waals surface area contributed by atoms with Crippen LogP contribution in [0.1, 0.15) is 20.3 Å². The van der Waals surface area contributed by atoms with Crippen molar-refractivity contribution in [3.05, 3.63) is 0 Å². The Labute approximate surface area is 64.2 Å². The number of ketones is 2. The third kappa shape index (κ3) is 3.50. The predicted octanol–water partition coefficient (Wildman–Crippen LogP) is 0.255. The summed E-state index contributed by atoms with van der Waals surface area (Å²) in [5.74, 6) is -2.97. The van der Waals surface area contributed by atoms with E-state index in [2.05, 4.69) is 0 Å². The maximum atomic E-state index is 10.8. The largest absolute Gasteiger partial charge is 0.481 e. The maximum absolute atomic E-state index is 10.8. The van der Waals surface area contributed by atoms with Crippen LogP contribution >= 0.6 is 0 Å². The van der Waals surface area contributed by atoms with Crippen molar-refractivity contribution in [2.75, 3.05) is 0 Å². The summed E-state index contributed by atoms with van der Waals surface area (Å²) in [7, 11) is 0. The third-order valence-corrected chi connectivity index (χ3v) is 1.28. The van der Waals surface area contributed by atoms with E-state index in [1.165, 1.54) is 6.92 Å². The average molecular weight is 158 g/mol. The fraction of sp³-hybridized carbons (Fsp3) is 0.571. The molecule has 0 aliphatic carbocycles. The van der Waals surface area contributed by atoms with E-state index in [9.17, 15) is 14.4 Å². The summed E-state index contributed by atoms with van der Waals surface area (Å²) < 4.78 is 0. The Hall–Kier alpha value is -1.19. The van der Waals surface area contributed by atoms with Crippen LogP contribution in [0.25, 0.3) is 0 Å². The second kappa shape index (κ2) is 3.85. The minimum Gasteiger partial charge on any atom is -0.481 e.